The van der Waals surface area contributed by atoms with Gasteiger partial charge in [0.25, 0.3) is 5.91 Å². The first-order chi connectivity index (χ1) is 19.4. The SMILES string of the molecule is C=CC(=O)N(C(=O)C1CCNC1)c1cc(CNc2nc(NC3CCOCC3)nc3c(C(C)C)cnn23)ccc1F. The van der Waals surface area contributed by atoms with E-state index in [-0.39, 0.29) is 24.2 Å². The van der Waals surface area contributed by atoms with Gasteiger partial charge >= 0.3 is 0 Å². The normalized spacial score (nSPS) is 17.8. The zero-order valence-corrected chi connectivity index (χ0v) is 22.8. The van der Waals surface area contributed by atoms with E-state index in [2.05, 4.69) is 41.5 Å². The van der Waals surface area contributed by atoms with Crippen molar-refractivity contribution in [2.45, 2.75) is 51.6 Å². The molecule has 5 rings (SSSR count). The number of carbonyl (C=O) groups excluding carboxylic acids is 2. The van der Waals surface area contributed by atoms with Gasteiger partial charge in [-0.2, -0.15) is 19.6 Å². The topological polar surface area (TPSA) is 126 Å². The second-order valence-electron chi connectivity index (χ2n) is 10.4. The van der Waals surface area contributed by atoms with Gasteiger partial charge in [-0.15, -0.1) is 0 Å². The van der Waals surface area contributed by atoms with Crippen LogP contribution in [0.4, 0.5) is 22.0 Å². The van der Waals surface area contributed by atoms with Gasteiger partial charge in [0.05, 0.1) is 17.8 Å². The van der Waals surface area contributed by atoms with Crippen molar-refractivity contribution < 1.29 is 18.7 Å². The van der Waals surface area contributed by atoms with Crippen LogP contribution in [-0.2, 0) is 20.9 Å². The predicted molar refractivity (Wildman–Crippen MR) is 150 cm³/mol. The van der Waals surface area contributed by atoms with Gasteiger partial charge in [-0.1, -0.05) is 26.5 Å². The minimum Gasteiger partial charge on any atom is -0.381 e. The number of carbonyl (C=O) groups is 2. The van der Waals surface area contributed by atoms with Crippen LogP contribution in [0.2, 0.25) is 0 Å². The predicted octanol–water partition coefficient (Wildman–Crippen LogP) is 3.24. The van der Waals surface area contributed by atoms with E-state index >= 15 is 4.39 Å². The summed E-state index contributed by atoms with van der Waals surface area (Å²) < 4.78 is 22.1. The van der Waals surface area contributed by atoms with Crippen molar-refractivity contribution in [3.8, 4) is 0 Å². The first-order valence-electron chi connectivity index (χ1n) is 13.7. The highest BCUT2D eigenvalue weighted by Crippen LogP contribution is 2.27. The number of aromatic nitrogens is 4. The molecule has 2 aromatic heterocycles. The van der Waals surface area contributed by atoms with E-state index in [9.17, 15) is 9.59 Å². The molecule has 3 aromatic rings. The smallest absolute Gasteiger partial charge is 0.257 e. The first-order valence-corrected chi connectivity index (χ1v) is 13.7. The molecule has 11 nitrogen and oxygen atoms in total. The standard InChI is InChI=1S/C28H35FN8O3/c1-4-24(38)36(26(39)19-7-10-30-15-19)23-13-18(5-6-22(23)29)14-31-28-35-27(33-20-8-11-40-12-9-20)34-25-21(17(2)3)16-32-37(25)28/h4-6,13,16-17,19-20,30H,1,7-12,14-15H2,2-3H3,(H2,31,33,34,35). The third kappa shape index (κ3) is 5.82. The summed E-state index contributed by atoms with van der Waals surface area (Å²) >= 11 is 0. The maximum atomic E-state index is 15.0. The Kier molecular flexibility index (Phi) is 8.36. The average molecular weight is 551 g/mol. The number of imide groups is 1. The number of fused-ring (bicyclic) bond motifs is 1. The Morgan fingerprint density at radius 1 is 1.27 bits per heavy atom. The Labute approximate surface area is 232 Å². The largest absolute Gasteiger partial charge is 0.381 e. The Morgan fingerprint density at radius 3 is 2.77 bits per heavy atom. The molecule has 40 heavy (non-hydrogen) atoms. The van der Waals surface area contributed by atoms with Gasteiger partial charge in [-0.3, -0.25) is 9.59 Å². The molecule has 212 valence electrons. The van der Waals surface area contributed by atoms with Crippen LogP contribution in [0.15, 0.2) is 37.1 Å². The van der Waals surface area contributed by atoms with Gasteiger partial charge in [0.2, 0.25) is 17.8 Å². The third-order valence-corrected chi connectivity index (χ3v) is 7.30. The number of anilines is 3. The molecule has 3 N–H and O–H groups in total. The van der Waals surface area contributed by atoms with Gasteiger partial charge in [0, 0.05) is 37.9 Å². The van der Waals surface area contributed by atoms with E-state index in [4.69, 9.17) is 14.7 Å². The lowest BCUT2D eigenvalue weighted by molar-refractivity contribution is -0.126. The van der Waals surface area contributed by atoms with Crippen LogP contribution in [0.3, 0.4) is 0 Å². The Morgan fingerprint density at radius 2 is 2.08 bits per heavy atom. The Bertz CT molecular complexity index is 1400. The summed E-state index contributed by atoms with van der Waals surface area (Å²) in [5, 5.41) is 14.3. The molecule has 2 saturated heterocycles. The Hall–Kier alpha value is -3.90. The van der Waals surface area contributed by atoms with Crippen LogP contribution in [-0.4, -0.2) is 63.7 Å². The summed E-state index contributed by atoms with van der Waals surface area (Å²) in [6.07, 6.45) is 5.12. The second-order valence-corrected chi connectivity index (χ2v) is 10.4. The maximum Gasteiger partial charge on any atom is 0.257 e. The molecule has 0 saturated carbocycles. The highest BCUT2D eigenvalue weighted by atomic mass is 19.1. The van der Waals surface area contributed by atoms with Crippen molar-refractivity contribution in [2.75, 3.05) is 41.8 Å². The molecule has 1 unspecified atom stereocenters. The van der Waals surface area contributed by atoms with Crippen molar-refractivity contribution in [1.29, 1.82) is 0 Å². The summed E-state index contributed by atoms with van der Waals surface area (Å²) in [5.74, 6) is -1.03. The van der Waals surface area contributed by atoms with Crippen LogP contribution in [0, 0.1) is 11.7 Å². The first kappa shape index (κ1) is 27.7. The van der Waals surface area contributed by atoms with Crippen LogP contribution in [0.25, 0.3) is 5.65 Å². The van der Waals surface area contributed by atoms with E-state index < -0.39 is 23.5 Å². The van der Waals surface area contributed by atoms with Gasteiger partial charge < -0.3 is 20.7 Å². The van der Waals surface area contributed by atoms with E-state index in [1.54, 1.807) is 16.8 Å². The van der Waals surface area contributed by atoms with Crippen molar-refractivity contribution in [3.63, 3.8) is 0 Å². The van der Waals surface area contributed by atoms with Gasteiger partial charge in [-0.05, 0) is 55.5 Å². The minimum atomic E-state index is -0.667. The fourth-order valence-corrected chi connectivity index (χ4v) is 5.01. The zero-order chi connectivity index (χ0) is 28.2. The quantitative estimate of drug-likeness (QED) is 0.344. The summed E-state index contributed by atoms with van der Waals surface area (Å²) in [4.78, 5) is 36.2. The molecule has 0 spiro atoms. The van der Waals surface area contributed by atoms with Gasteiger partial charge in [0.1, 0.15) is 5.82 Å². The number of halogens is 1. The molecule has 12 heteroatoms. The number of benzene rings is 1. The van der Waals surface area contributed by atoms with Crippen molar-refractivity contribution in [1.82, 2.24) is 24.9 Å². The fourth-order valence-electron chi connectivity index (χ4n) is 5.01. The van der Waals surface area contributed by atoms with Crippen LogP contribution >= 0.6 is 0 Å². The molecule has 2 aliphatic heterocycles. The fraction of sp³-hybridized carbons (Fsp3) is 0.464. The third-order valence-electron chi connectivity index (χ3n) is 7.30. The molecule has 0 radical (unpaired) electrons. The van der Waals surface area contributed by atoms with Crippen molar-refractivity contribution in [2.24, 2.45) is 5.92 Å². The molecule has 1 aromatic carbocycles. The molecule has 2 aliphatic rings. The monoisotopic (exact) mass is 550 g/mol. The lowest BCUT2D eigenvalue weighted by Gasteiger charge is -2.24. The minimum absolute atomic E-state index is 0.100. The lowest BCUT2D eigenvalue weighted by Crippen LogP contribution is -2.41. The number of rotatable bonds is 9. The van der Waals surface area contributed by atoms with Crippen molar-refractivity contribution in [3.05, 3.63) is 54.0 Å². The molecule has 0 bridgehead atoms. The number of nitrogens with zero attached hydrogens (tertiary/aromatic N) is 5. The number of ether oxygens (including phenoxy) is 1. The van der Waals surface area contributed by atoms with Crippen LogP contribution < -0.4 is 20.9 Å². The van der Waals surface area contributed by atoms with Crippen molar-refractivity contribution >= 4 is 35.0 Å². The number of hydrogen-bond donors (Lipinski definition) is 3. The van der Waals surface area contributed by atoms with E-state index in [1.807, 2.05) is 0 Å². The van der Waals surface area contributed by atoms with E-state index in [1.165, 1.54) is 12.1 Å². The van der Waals surface area contributed by atoms with Gasteiger partial charge in [0.15, 0.2) is 5.65 Å². The summed E-state index contributed by atoms with van der Waals surface area (Å²) in [6, 6.07) is 4.57. The van der Waals surface area contributed by atoms with Gasteiger partial charge in [-0.25, -0.2) is 9.29 Å². The zero-order valence-electron chi connectivity index (χ0n) is 22.8. The Balaban J connectivity index is 1.43. The molecule has 1 atom stereocenters. The van der Waals surface area contributed by atoms with Crippen LogP contribution in [0.5, 0.6) is 0 Å². The maximum absolute atomic E-state index is 15.0. The molecular formula is C28H35FN8O3. The van der Waals surface area contributed by atoms with Crippen LogP contribution in [0.1, 0.15) is 50.2 Å². The van der Waals surface area contributed by atoms with E-state index in [0.717, 1.165) is 29.4 Å². The highest BCUT2D eigenvalue weighted by molar-refractivity contribution is 6.19. The number of nitrogens with one attached hydrogen (secondary N) is 3. The molecular weight excluding hydrogens is 515 g/mol. The van der Waals surface area contributed by atoms with E-state index in [0.29, 0.717) is 55.8 Å². The average Bonchev–Trinajstić information content (AvgIpc) is 3.64. The molecule has 2 amide bonds. The summed E-state index contributed by atoms with van der Waals surface area (Å²) in [6.45, 7) is 10.4. The second kappa shape index (κ2) is 12.1. The number of amides is 2. The molecule has 4 heterocycles. The molecule has 0 aliphatic carbocycles. The lowest BCUT2D eigenvalue weighted by atomic mass is 10.1. The highest BCUT2D eigenvalue weighted by Gasteiger charge is 2.32. The molecule has 2 fully saturated rings. The summed E-state index contributed by atoms with van der Waals surface area (Å²) in [7, 11) is 0. The number of hydrogen-bond acceptors (Lipinski definition) is 9. The summed E-state index contributed by atoms with van der Waals surface area (Å²) in [5.41, 5.74) is 2.23.